The van der Waals surface area contributed by atoms with E-state index in [1.165, 1.54) is 0 Å². The molecule has 0 unspecified atom stereocenters. The number of likely N-dealkylation sites (N-methyl/N-ethyl adjacent to an activating group) is 1. The SMILES string of the molecule is C=NC1=C(/C=N\C)C(=O)N(c2ccccc2)CCN1C. The molecule has 1 aliphatic heterocycles. The number of hydrogen-bond acceptors (Lipinski definition) is 4. The van der Waals surface area contributed by atoms with Gasteiger partial charge >= 0.3 is 0 Å². The Morgan fingerprint density at radius 1 is 1.25 bits per heavy atom. The summed E-state index contributed by atoms with van der Waals surface area (Å²) in [7, 11) is 3.54. The Morgan fingerprint density at radius 2 is 1.95 bits per heavy atom. The average molecular weight is 270 g/mol. The van der Waals surface area contributed by atoms with Gasteiger partial charge in [0.1, 0.15) is 11.4 Å². The highest BCUT2D eigenvalue weighted by atomic mass is 16.2. The molecule has 0 saturated carbocycles. The van der Waals surface area contributed by atoms with Gasteiger partial charge in [0.25, 0.3) is 5.91 Å². The van der Waals surface area contributed by atoms with Crippen LogP contribution in [-0.4, -0.2) is 50.9 Å². The van der Waals surface area contributed by atoms with Crippen molar-refractivity contribution in [3.63, 3.8) is 0 Å². The van der Waals surface area contributed by atoms with Gasteiger partial charge in [-0.15, -0.1) is 0 Å². The van der Waals surface area contributed by atoms with Gasteiger partial charge in [0.15, 0.2) is 0 Å². The fraction of sp³-hybridized carbons (Fsp3) is 0.267. The van der Waals surface area contributed by atoms with Gasteiger partial charge in [-0.3, -0.25) is 9.79 Å². The van der Waals surface area contributed by atoms with Crippen molar-refractivity contribution in [1.82, 2.24) is 4.90 Å². The molecule has 0 saturated heterocycles. The number of amides is 1. The van der Waals surface area contributed by atoms with Crippen LogP contribution < -0.4 is 4.90 Å². The van der Waals surface area contributed by atoms with E-state index in [2.05, 4.69) is 16.7 Å². The Hall–Kier alpha value is -2.43. The van der Waals surface area contributed by atoms with Gasteiger partial charge in [-0.2, -0.15) is 0 Å². The van der Waals surface area contributed by atoms with Crippen LogP contribution in [0.3, 0.4) is 0 Å². The molecule has 0 aromatic heterocycles. The molecule has 5 heteroatoms. The molecular formula is C15H18N4O. The number of carbonyl (C=O) groups excluding carboxylic acids is 1. The van der Waals surface area contributed by atoms with Crippen LogP contribution in [0.1, 0.15) is 0 Å². The van der Waals surface area contributed by atoms with Crippen LogP contribution >= 0.6 is 0 Å². The molecular weight excluding hydrogens is 252 g/mol. The Kier molecular flexibility index (Phi) is 4.30. The zero-order valence-electron chi connectivity index (χ0n) is 11.8. The molecule has 104 valence electrons. The summed E-state index contributed by atoms with van der Waals surface area (Å²) >= 11 is 0. The second kappa shape index (κ2) is 6.14. The van der Waals surface area contributed by atoms with Crippen LogP contribution in [0.5, 0.6) is 0 Å². The number of nitrogens with zero attached hydrogens (tertiary/aromatic N) is 4. The standard InChI is InChI=1S/C15H18N4O/c1-16-11-13-14(17-2)18(3)9-10-19(15(13)20)12-7-5-4-6-8-12/h4-8,11H,2,9-10H2,1,3H3/b16-11-. The summed E-state index contributed by atoms with van der Waals surface area (Å²) in [5.41, 5.74) is 1.34. The van der Waals surface area contributed by atoms with Gasteiger partial charge in [-0.25, -0.2) is 4.99 Å². The first-order chi connectivity index (χ1) is 9.69. The fourth-order valence-corrected chi connectivity index (χ4v) is 2.21. The van der Waals surface area contributed by atoms with Crippen LogP contribution in [0.15, 0.2) is 51.7 Å². The number of aliphatic imine (C=N–C) groups is 2. The van der Waals surface area contributed by atoms with E-state index in [1.807, 2.05) is 42.3 Å². The summed E-state index contributed by atoms with van der Waals surface area (Å²) in [6, 6.07) is 9.61. The Labute approximate surface area is 118 Å². The molecule has 1 aromatic rings. The van der Waals surface area contributed by atoms with Crippen LogP contribution in [0.4, 0.5) is 5.69 Å². The summed E-state index contributed by atoms with van der Waals surface area (Å²) in [4.78, 5) is 24.3. The topological polar surface area (TPSA) is 48.3 Å². The molecule has 5 nitrogen and oxygen atoms in total. The third-order valence-corrected chi connectivity index (χ3v) is 3.21. The van der Waals surface area contributed by atoms with E-state index >= 15 is 0 Å². The number of benzene rings is 1. The summed E-state index contributed by atoms with van der Waals surface area (Å²) in [5.74, 6) is 0.465. The highest BCUT2D eigenvalue weighted by Gasteiger charge is 2.27. The lowest BCUT2D eigenvalue weighted by molar-refractivity contribution is -0.114. The van der Waals surface area contributed by atoms with E-state index in [0.29, 0.717) is 24.5 Å². The first-order valence-corrected chi connectivity index (χ1v) is 6.40. The zero-order chi connectivity index (χ0) is 14.5. The van der Waals surface area contributed by atoms with Gasteiger partial charge in [-0.05, 0) is 18.9 Å². The highest BCUT2D eigenvalue weighted by Crippen LogP contribution is 2.21. The molecule has 0 fully saturated rings. The molecule has 1 aliphatic rings. The maximum absolute atomic E-state index is 12.7. The molecule has 0 radical (unpaired) electrons. The summed E-state index contributed by atoms with van der Waals surface area (Å²) in [6.45, 7) is 4.85. The van der Waals surface area contributed by atoms with Crippen molar-refractivity contribution in [1.29, 1.82) is 0 Å². The molecule has 1 aromatic carbocycles. The molecule has 20 heavy (non-hydrogen) atoms. The lowest BCUT2D eigenvalue weighted by Gasteiger charge is -2.21. The molecule has 1 heterocycles. The van der Waals surface area contributed by atoms with Gasteiger partial charge in [0, 0.05) is 39.1 Å². The van der Waals surface area contributed by atoms with E-state index < -0.39 is 0 Å². The number of anilines is 1. The average Bonchev–Trinajstić information content (AvgIpc) is 2.58. The molecule has 0 atom stereocenters. The largest absolute Gasteiger partial charge is 0.357 e. The first-order valence-electron chi connectivity index (χ1n) is 6.40. The lowest BCUT2D eigenvalue weighted by atomic mass is 10.2. The minimum absolute atomic E-state index is 0.103. The maximum atomic E-state index is 12.7. The van der Waals surface area contributed by atoms with Crippen molar-refractivity contribution in [2.24, 2.45) is 9.98 Å². The highest BCUT2D eigenvalue weighted by molar-refractivity contribution is 6.19. The minimum atomic E-state index is -0.103. The van der Waals surface area contributed by atoms with Gasteiger partial charge in [-0.1, -0.05) is 18.2 Å². The minimum Gasteiger partial charge on any atom is -0.357 e. The van der Waals surface area contributed by atoms with Crippen molar-refractivity contribution in [2.45, 2.75) is 0 Å². The summed E-state index contributed by atoms with van der Waals surface area (Å²) in [6.07, 6.45) is 1.55. The third-order valence-electron chi connectivity index (χ3n) is 3.21. The fourth-order valence-electron chi connectivity index (χ4n) is 2.21. The van der Waals surface area contributed by atoms with E-state index in [4.69, 9.17) is 0 Å². The summed E-state index contributed by atoms with van der Waals surface area (Å²) in [5, 5.41) is 0. The quantitative estimate of drug-likeness (QED) is 0.783. The number of carbonyl (C=O) groups is 1. The predicted molar refractivity (Wildman–Crippen MR) is 82.4 cm³/mol. The number of rotatable bonds is 3. The Morgan fingerprint density at radius 3 is 2.55 bits per heavy atom. The monoisotopic (exact) mass is 270 g/mol. The first kappa shape index (κ1) is 14.0. The van der Waals surface area contributed by atoms with Crippen LogP contribution in [0, 0.1) is 0 Å². The summed E-state index contributed by atoms with van der Waals surface area (Å²) < 4.78 is 0. The van der Waals surface area contributed by atoms with Crippen molar-refractivity contribution >= 4 is 24.5 Å². The van der Waals surface area contributed by atoms with E-state index in [-0.39, 0.29) is 5.91 Å². The van der Waals surface area contributed by atoms with Crippen LogP contribution in [0.25, 0.3) is 0 Å². The lowest BCUT2D eigenvalue weighted by Crippen LogP contribution is -2.34. The maximum Gasteiger partial charge on any atom is 0.263 e. The molecule has 1 amide bonds. The van der Waals surface area contributed by atoms with Gasteiger partial charge < -0.3 is 9.80 Å². The van der Waals surface area contributed by atoms with E-state index in [0.717, 1.165) is 5.69 Å². The number of para-hydroxylation sites is 1. The third kappa shape index (κ3) is 2.61. The second-order valence-corrected chi connectivity index (χ2v) is 4.50. The normalized spacial score (nSPS) is 16.8. The Bertz CT molecular complexity index is 562. The van der Waals surface area contributed by atoms with E-state index in [1.54, 1.807) is 18.2 Å². The van der Waals surface area contributed by atoms with Crippen LogP contribution in [-0.2, 0) is 4.79 Å². The van der Waals surface area contributed by atoms with Crippen molar-refractivity contribution < 1.29 is 4.79 Å². The van der Waals surface area contributed by atoms with Crippen LogP contribution in [0.2, 0.25) is 0 Å². The molecule has 0 spiro atoms. The smallest absolute Gasteiger partial charge is 0.263 e. The molecule has 2 rings (SSSR count). The molecule has 0 aliphatic carbocycles. The van der Waals surface area contributed by atoms with Crippen molar-refractivity contribution in [3.8, 4) is 0 Å². The molecule has 0 bridgehead atoms. The van der Waals surface area contributed by atoms with Gasteiger partial charge in [0.2, 0.25) is 0 Å². The second-order valence-electron chi connectivity index (χ2n) is 4.50. The van der Waals surface area contributed by atoms with Gasteiger partial charge in [0.05, 0.1) is 0 Å². The Balaban J connectivity index is 2.48. The van der Waals surface area contributed by atoms with E-state index in [9.17, 15) is 4.79 Å². The van der Waals surface area contributed by atoms with Crippen molar-refractivity contribution in [3.05, 3.63) is 41.7 Å². The predicted octanol–water partition coefficient (Wildman–Crippen LogP) is 1.58. The zero-order valence-corrected chi connectivity index (χ0v) is 11.8. The molecule has 0 N–H and O–H groups in total. The van der Waals surface area contributed by atoms with Crippen molar-refractivity contribution in [2.75, 3.05) is 32.1 Å². The number of hydrogen-bond donors (Lipinski definition) is 0.